The largest absolute Gasteiger partial charge is 0.416 e. The topological polar surface area (TPSA) is 73.8 Å². The number of hydrogen-bond donors (Lipinski definition) is 0. The van der Waals surface area contributed by atoms with Crippen molar-refractivity contribution in [1.82, 2.24) is 14.9 Å². The van der Waals surface area contributed by atoms with Crippen LogP contribution in [-0.4, -0.2) is 47.3 Å². The third-order valence-electron chi connectivity index (χ3n) is 7.84. The number of pyridine rings is 1. The molecule has 0 bridgehead atoms. The molecule has 4 heterocycles. The SMILES string of the molecule is O=C(Oc1nc(Cl)ccc1Cl)N1CCC(c2nc(C3OCC4CCCCCCCCC4CO3)cs2)CC1. The van der Waals surface area contributed by atoms with Gasteiger partial charge in [0, 0.05) is 24.4 Å². The van der Waals surface area contributed by atoms with E-state index in [1.807, 2.05) is 0 Å². The van der Waals surface area contributed by atoms with Crippen molar-refractivity contribution in [2.45, 2.75) is 76.4 Å². The number of halogens is 2. The summed E-state index contributed by atoms with van der Waals surface area (Å²) in [5.74, 6) is 1.50. The van der Waals surface area contributed by atoms with Crippen molar-refractivity contribution in [3.8, 4) is 5.88 Å². The molecule has 2 aromatic rings. The molecule has 7 nitrogen and oxygen atoms in total. The van der Waals surface area contributed by atoms with Gasteiger partial charge in [-0.15, -0.1) is 11.3 Å². The van der Waals surface area contributed by atoms with E-state index in [1.54, 1.807) is 28.4 Å². The minimum absolute atomic E-state index is 0.0338. The van der Waals surface area contributed by atoms with Gasteiger partial charge in [0.1, 0.15) is 15.9 Å². The predicted octanol–water partition coefficient (Wildman–Crippen LogP) is 7.64. The van der Waals surface area contributed by atoms with Crippen molar-refractivity contribution in [3.05, 3.63) is 38.4 Å². The van der Waals surface area contributed by atoms with Crippen LogP contribution in [0.3, 0.4) is 0 Å². The highest BCUT2D eigenvalue weighted by Crippen LogP contribution is 2.36. The van der Waals surface area contributed by atoms with Crippen LogP contribution in [0.2, 0.25) is 10.2 Å². The third-order valence-corrected chi connectivity index (χ3v) is 9.36. The summed E-state index contributed by atoms with van der Waals surface area (Å²) in [6.45, 7) is 2.68. The molecular weight excluding hydrogens is 533 g/mol. The number of ether oxygens (including phenoxy) is 3. The number of hydrogen-bond acceptors (Lipinski definition) is 7. The summed E-state index contributed by atoms with van der Waals surface area (Å²) in [7, 11) is 0. The van der Waals surface area contributed by atoms with E-state index >= 15 is 0 Å². The highest BCUT2D eigenvalue weighted by atomic mass is 35.5. The second kappa shape index (κ2) is 13.1. The van der Waals surface area contributed by atoms with Gasteiger partial charge in [-0.3, -0.25) is 0 Å². The van der Waals surface area contributed by atoms with E-state index < -0.39 is 6.09 Å². The normalized spacial score (nSPS) is 26.2. The average Bonchev–Trinajstić information content (AvgIpc) is 3.31. The lowest BCUT2D eigenvalue weighted by molar-refractivity contribution is -0.136. The van der Waals surface area contributed by atoms with E-state index in [9.17, 15) is 4.79 Å². The molecule has 0 N–H and O–H groups in total. The first kappa shape index (κ1) is 27.1. The van der Waals surface area contributed by atoms with E-state index in [0.717, 1.165) is 36.8 Å². The predicted molar refractivity (Wildman–Crippen MR) is 145 cm³/mol. The molecule has 5 rings (SSSR count). The number of fused-ring (bicyclic) bond motifs is 1. The molecule has 37 heavy (non-hydrogen) atoms. The van der Waals surface area contributed by atoms with Crippen LogP contribution in [0.5, 0.6) is 5.88 Å². The Morgan fingerprint density at radius 2 is 1.57 bits per heavy atom. The van der Waals surface area contributed by atoms with E-state index in [4.69, 9.17) is 42.4 Å². The van der Waals surface area contributed by atoms with Gasteiger partial charge in [-0.25, -0.2) is 9.78 Å². The van der Waals surface area contributed by atoms with Crippen LogP contribution < -0.4 is 4.74 Å². The first-order chi connectivity index (χ1) is 18.1. The molecule has 0 aromatic carbocycles. The molecule has 1 saturated carbocycles. The molecule has 1 amide bonds. The third kappa shape index (κ3) is 7.15. The number of nitrogens with zero attached hydrogens (tertiary/aromatic N) is 3. The molecule has 2 saturated heterocycles. The molecule has 2 unspecified atom stereocenters. The molecular formula is C27H35Cl2N3O4S. The Morgan fingerprint density at radius 1 is 0.919 bits per heavy atom. The molecule has 10 heteroatoms. The van der Waals surface area contributed by atoms with Crippen LogP contribution in [0, 0.1) is 11.8 Å². The standard InChI is InChI=1S/C27H35Cl2N3O4S/c28-21-9-10-23(29)31-24(21)36-27(33)32-13-11-18(12-14-32)25-30-22(17-37-25)26-34-15-19-7-5-3-1-2-4-6-8-20(19)16-35-26/h9-10,17-20,26H,1-8,11-16H2. The number of carbonyl (C=O) groups excluding carboxylic acids is 1. The summed E-state index contributed by atoms with van der Waals surface area (Å²) in [5, 5.41) is 3.64. The summed E-state index contributed by atoms with van der Waals surface area (Å²) in [4.78, 5) is 23.2. The maximum atomic E-state index is 12.6. The Bertz CT molecular complexity index is 1030. The first-order valence-electron chi connectivity index (χ1n) is 13.5. The van der Waals surface area contributed by atoms with Crippen molar-refractivity contribution >= 4 is 40.6 Å². The van der Waals surface area contributed by atoms with Gasteiger partial charge in [0.25, 0.3) is 0 Å². The van der Waals surface area contributed by atoms with E-state index in [0.29, 0.717) is 30.8 Å². The van der Waals surface area contributed by atoms with Crippen molar-refractivity contribution in [1.29, 1.82) is 0 Å². The van der Waals surface area contributed by atoms with Crippen molar-refractivity contribution in [2.75, 3.05) is 26.3 Å². The van der Waals surface area contributed by atoms with Gasteiger partial charge in [0.15, 0.2) is 0 Å². The van der Waals surface area contributed by atoms with Gasteiger partial charge in [-0.05, 0) is 49.7 Å². The first-order valence-corrected chi connectivity index (χ1v) is 15.2. The van der Waals surface area contributed by atoms with Gasteiger partial charge in [0.2, 0.25) is 12.2 Å². The van der Waals surface area contributed by atoms with Gasteiger partial charge >= 0.3 is 6.09 Å². The zero-order chi connectivity index (χ0) is 25.6. The quantitative estimate of drug-likeness (QED) is 0.355. The van der Waals surface area contributed by atoms with E-state index in [1.165, 1.54) is 51.4 Å². The summed E-state index contributed by atoms with van der Waals surface area (Å²) < 4.78 is 17.9. The Hall–Kier alpha value is -1.45. The number of aromatic nitrogens is 2. The Morgan fingerprint density at radius 3 is 2.24 bits per heavy atom. The Kier molecular flexibility index (Phi) is 9.58. The minimum Gasteiger partial charge on any atom is -0.389 e. The highest BCUT2D eigenvalue weighted by Gasteiger charge is 2.32. The average molecular weight is 569 g/mol. The number of thiazole rings is 1. The van der Waals surface area contributed by atoms with Gasteiger partial charge < -0.3 is 19.1 Å². The molecule has 3 fully saturated rings. The van der Waals surface area contributed by atoms with Gasteiger partial charge in [-0.1, -0.05) is 61.7 Å². The smallest absolute Gasteiger partial charge is 0.389 e. The summed E-state index contributed by atoms with van der Waals surface area (Å²) >= 11 is 13.6. The van der Waals surface area contributed by atoms with Crippen molar-refractivity contribution in [3.63, 3.8) is 0 Å². The number of likely N-dealkylation sites (tertiary alicyclic amines) is 1. The second-order valence-electron chi connectivity index (χ2n) is 10.4. The highest BCUT2D eigenvalue weighted by molar-refractivity contribution is 7.09. The second-order valence-corrected chi connectivity index (χ2v) is 12.1. The summed E-state index contributed by atoms with van der Waals surface area (Å²) in [5.41, 5.74) is 0.882. The zero-order valence-corrected chi connectivity index (χ0v) is 23.4. The lowest BCUT2D eigenvalue weighted by atomic mass is 9.84. The fourth-order valence-electron chi connectivity index (χ4n) is 5.60. The van der Waals surface area contributed by atoms with Crippen molar-refractivity contribution < 1.29 is 19.0 Å². The van der Waals surface area contributed by atoms with Crippen LogP contribution in [0.25, 0.3) is 0 Å². The molecule has 0 radical (unpaired) electrons. The fraction of sp³-hybridized carbons (Fsp3) is 0.667. The number of rotatable bonds is 3. The summed E-state index contributed by atoms with van der Waals surface area (Å²) in [6, 6.07) is 3.12. The van der Waals surface area contributed by atoms with Gasteiger partial charge in [-0.2, -0.15) is 4.98 Å². The molecule has 3 aliphatic rings. The molecule has 2 atom stereocenters. The van der Waals surface area contributed by atoms with E-state index in [2.05, 4.69) is 10.4 Å². The maximum Gasteiger partial charge on any atom is 0.416 e. The van der Waals surface area contributed by atoms with Crippen LogP contribution in [-0.2, 0) is 9.47 Å². The lowest BCUT2D eigenvalue weighted by Crippen LogP contribution is -2.39. The molecule has 2 aliphatic heterocycles. The summed E-state index contributed by atoms with van der Waals surface area (Å²) in [6.07, 6.45) is 11.3. The van der Waals surface area contributed by atoms with Crippen LogP contribution in [0.4, 0.5) is 4.79 Å². The minimum atomic E-state index is -0.463. The fourth-order valence-corrected chi connectivity index (χ4v) is 6.87. The maximum absolute atomic E-state index is 12.6. The van der Waals surface area contributed by atoms with Crippen LogP contribution >= 0.6 is 34.5 Å². The number of carbonyl (C=O) groups is 1. The monoisotopic (exact) mass is 567 g/mol. The van der Waals surface area contributed by atoms with E-state index in [-0.39, 0.29) is 22.3 Å². The van der Waals surface area contributed by atoms with Crippen LogP contribution in [0.1, 0.15) is 87.1 Å². The van der Waals surface area contributed by atoms with Gasteiger partial charge in [0.05, 0.1) is 18.2 Å². The lowest BCUT2D eigenvalue weighted by Gasteiger charge is -2.30. The molecule has 0 spiro atoms. The van der Waals surface area contributed by atoms with Crippen molar-refractivity contribution in [2.24, 2.45) is 11.8 Å². The Balaban J connectivity index is 1.14. The zero-order valence-electron chi connectivity index (χ0n) is 21.1. The number of piperidine rings is 1. The Labute approximate surface area is 232 Å². The van der Waals surface area contributed by atoms with Crippen LogP contribution in [0.15, 0.2) is 17.5 Å². The molecule has 2 aromatic heterocycles. The number of amides is 1. The molecule has 1 aliphatic carbocycles. The molecule has 202 valence electrons.